The molecule has 0 heterocycles. The molecule has 0 aromatic rings. The van der Waals surface area contributed by atoms with Crippen molar-refractivity contribution in [2.24, 2.45) is 22.7 Å². The third kappa shape index (κ3) is 3.34. The average molecular weight is 354 g/mol. The van der Waals surface area contributed by atoms with Gasteiger partial charge in [-0.1, -0.05) is 33.3 Å². The van der Waals surface area contributed by atoms with E-state index in [0.717, 1.165) is 25.3 Å². The molecule has 0 saturated heterocycles. The first-order valence-corrected chi connectivity index (χ1v) is 8.83. The lowest BCUT2D eigenvalue weighted by atomic mass is 9.44. The summed E-state index contributed by atoms with van der Waals surface area (Å²) in [7, 11) is 0. The molecule has 0 aromatic heterocycles. The second-order valence-electron chi connectivity index (χ2n) is 8.75. The molecule has 0 aromatic carbocycles. The zero-order chi connectivity index (χ0) is 19.2. The molecule has 2 aliphatic rings. The summed E-state index contributed by atoms with van der Waals surface area (Å²) in [6.45, 7) is 8.96. The molecular formula is C19H30O6. The Bertz CT molecular complexity index is 578. The van der Waals surface area contributed by atoms with Gasteiger partial charge in [0.15, 0.2) is 0 Å². The quantitative estimate of drug-likeness (QED) is 0.530. The molecule has 0 aliphatic heterocycles. The van der Waals surface area contributed by atoms with Gasteiger partial charge in [0, 0.05) is 24.8 Å². The minimum absolute atomic E-state index is 0.198. The van der Waals surface area contributed by atoms with Gasteiger partial charge in [-0.05, 0) is 30.6 Å². The number of ether oxygens (including phenoxy) is 1. The van der Waals surface area contributed by atoms with E-state index in [0.29, 0.717) is 0 Å². The van der Waals surface area contributed by atoms with Crippen molar-refractivity contribution < 1.29 is 29.6 Å². The summed E-state index contributed by atoms with van der Waals surface area (Å²) in [5.41, 5.74) is -2.33. The molecule has 6 nitrogen and oxygen atoms in total. The standard InChI is InChI=1S/C19H30O6/c1-11(20)25-14-15-17(2,3)9-6-10-18(15,4)12(7-8-13(21)22)19(5,24)16(14)23/h7-8,12,14-16,23-24H,6,9-10H2,1-5H3,(H,21,22)/b8-7+/t12-,14+,15-,16+,18+,19+/m0/s1. The van der Waals surface area contributed by atoms with Crippen molar-refractivity contribution in [2.45, 2.75) is 71.7 Å². The van der Waals surface area contributed by atoms with Crippen LogP contribution in [-0.4, -0.2) is 45.1 Å². The average Bonchev–Trinajstić information content (AvgIpc) is 2.42. The van der Waals surface area contributed by atoms with Gasteiger partial charge in [-0.25, -0.2) is 4.79 Å². The minimum Gasteiger partial charge on any atom is -0.478 e. The first-order chi connectivity index (χ1) is 11.3. The van der Waals surface area contributed by atoms with Crippen LogP contribution >= 0.6 is 0 Å². The highest BCUT2D eigenvalue weighted by Gasteiger charge is 2.65. The number of carbonyl (C=O) groups excluding carboxylic acids is 1. The molecule has 25 heavy (non-hydrogen) atoms. The van der Waals surface area contributed by atoms with E-state index >= 15 is 0 Å². The maximum absolute atomic E-state index is 11.6. The second kappa shape index (κ2) is 6.40. The van der Waals surface area contributed by atoms with Gasteiger partial charge in [0.05, 0.1) is 5.60 Å². The summed E-state index contributed by atoms with van der Waals surface area (Å²) < 4.78 is 5.49. The van der Waals surface area contributed by atoms with Crippen molar-refractivity contribution in [2.75, 3.05) is 0 Å². The molecule has 0 spiro atoms. The first kappa shape index (κ1) is 19.9. The Kier molecular flexibility index (Phi) is 5.10. The fraction of sp³-hybridized carbons (Fsp3) is 0.789. The Morgan fingerprint density at radius 3 is 2.28 bits per heavy atom. The van der Waals surface area contributed by atoms with Crippen molar-refractivity contribution in [1.29, 1.82) is 0 Å². The van der Waals surface area contributed by atoms with Gasteiger partial charge in [-0.3, -0.25) is 4.79 Å². The molecule has 2 rings (SSSR count). The summed E-state index contributed by atoms with van der Waals surface area (Å²) in [5.74, 6) is -2.36. The van der Waals surface area contributed by atoms with E-state index in [4.69, 9.17) is 9.84 Å². The number of carbonyl (C=O) groups is 2. The number of hydrogen-bond donors (Lipinski definition) is 3. The van der Waals surface area contributed by atoms with Crippen molar-refractivity contribution in [1.82, 2.24) is 0 Å². The van der Waals surface area contributed by atoms with E-state index in [9.17, 15) is 19.8 Å². The lowest BCUT2D eigenvalue weighted by Gasteiger charge is -2.63. The molecule has 2 aliphatic carbocycles. The third-order valence-corrected chi connectivity index (χ3v) is 6.40. The highest BCUT2D eigenvalue weighted by Crippen LogP contribution is 2.62. The van der Waals surface area contributed by atoms with Crippen LogP contribution in [0.3, 0.4) is 0 Å². The molecule has 0 bridgehead atoms. The molecule has 2 saturated carbocycles. The van der Waals surface area contributed by atoms with Crippen LogP contribution in [0.5, 0.6) is 0 Å². The lowest BCUT2D eigenvalue weighted by Crippen LogP contribution is -2.70. The van der Waals surface area contributed by atoms with Crippen LogP contribution in [0.1, 0.15) is 53.9 Å². The highest BCUT2D eigenvalue weighted by atomic mass is 16.6. The number of aliphatic carboxylic acids is 1. The normalized spacial score (nSPS) is 43.5. The van der Waals surface area contributed by atoms with E-state index in [1.54, 1.807) is 0 Å². The van der Waals surface area contributed by atoms with Crippen LogP contribution < -0.4 is 0 Å². The maximum Gasteiger partial charge on any atom is 0.327 e. The fourth-order valence-corrected chi connectivity index (χ4v) is 5.58. The van der Waals surface area contributed by atoms with E-state index < -0.39 is 41.1 Å². The van der Waals surface area contributed by atoms with Crippen LogP contribution in [0.4, 0.5) is 0 Å². The van der Waals surface area contributed by atoms with Crippen molar-refractivity contribution >= 4 is 11.9 Å². The Labute approximate surface area is 148 Å². The number of aliphatic hydroxyl groups is 2. The lowest BCUT2D eigenvalue weighted by molar-refractivity contribution is -0.261. The summed E-state index contributed by atoms with van der Waals surface area (Å²) in [5, 5.41) is 31.0. The van der Waals surface area contributed by atoms with E-state index in [1.165, 1.54) is 19.9 Å². The van der Waals surface area contributed by atoms with E-state index in [1.807, 2.05) is 6.92 Å². The number of hydrogen-bond acceptors (Lipinski definition) is 5. The zero-order valence-corrected chi connectivity index (χ0v) is 15.7. The van der Waals surface area contributed by atoms with Crippen LogP contribution in [0, 0.1) is 22.7 Å². The second-order valence-corrected chi connectivity index (χ2v) is 8.75. The smallest absolute Gasteiger partial charge is 0.327 e. The zero-order valence-electron chi connectivity index (χ0n) is 15.7. The summed E-state index contributed by atoms with van der Waals surface area (Å²) in [4.78, 5) is 22.7. The molecule has 0 unspecified atom stereocenters. The Morgan fingerprint density at radius 2 is 1.76 bits per heavy atom. The molecule has 3 N–H and O–H groups in total. The molecule has 6 atom stereocenters. The van der Waals surface area contributed by atoms with Crippen LogP contribution in [0.25, 0.3) is 0 Å². The largest absolute Gasteiger partial charge is 0.478 e. The van der Waals surface area contributed by atoms with E-state index in [-0.39, 0.29) is 11.3 Å². The summed E-state index contributed by atoms with van der Waals surface area (Å²) >= 11 is 0. The Balaban J connectivity index is 2.61. The molecule has 0 radical (unpaired) electrons. The topological polar surface area (TPSA) is 104 Å². The molecule has 6 heteroatoms. The monoisotopic (exact) mass is 354 g/mol. The first-order valence-electron chi connectivity index (χ1n) is 8.83. The molecule has 0 amide bonds. The predicted molar refractivity (Wildman–Crippen MR) is 91.7 cm³/mol. The van der Waals surface area contributed by atoms with Crippen LogP contribution in [0.2, 0.25) is 0 Å². The molecular weight excluding hydrogens is 324 g/mol. The fourth-order valence-electron chi connectivity index (χ4n) is 5.58. The van der Waals surface area contributed by atoms with Crippen LogP contribution in [-0.2, 0) is 14.3 Å². The van der Waals surface area contributed by atoms with Gasteiger partial charge in [-0.2, -0.15) is 0 Å². The van der Waals surface area contributed by atoms with E-state index in [2.05, 4.69) is 13.8 Å². The number of carboxylic acids is 1. The summed E-state index contributed by atoms with van der Waals surface area (Å²) in [6, 6.07) is 0. The molecule has 142 valence electrons. The van der Waals surface area contributed by atoms with Crippen molar-refractivity contribution in [3.05, 3.63) is 12.2 Å². The van der Waals surface area contributed by atoms with Gasteiger partial charge < -0.3 is 20.1 Å². The van der Waals surface area contributed by atoms with Gasteiger partial charge in [-0.15, -0.1) is 0 Å². The Morgan fingerprint density at radius 1 is 1.16 bits per heavy atom. The van der Waals surface area contributed by atoms with Crippen molar-refractivity contribution in [3.8, 4) is 0 Å². The van der Waals surface area contributed by atoms with Gasteiger partial charge in [0.25, 0.3) is 0 Å². The van der Waals surface area contributed by atoms with Crippen molar-refractivity contribution in [3.63, 3.8) is 0 Å². The number of carboxylic acid groups (broad SMARTS) is 1. The number of esters is 1. The minimum atomic E-state index is -1.61. The SMILES string of the molecule is CC(=O)O[C@H]1[C@@H](O)[C@](C)(O)[C@@H](/C=C/C(=O)O)[C@@]2(C)CCCC(C)(C)[C@H]12. The third-order valence-electron chi connectivity index (χ3n) is 6.40. The maximum atomic E-state index is 11.6. The summed E-state index contributed by atoms with van der Waals surface area (Å²) in [6.07, 6.45) is 2.99. The highest BCUT2D eigenvalue weighted by molar-refractivity contribution is 5.79. The van der Waals surface area contributed by atoms with Gasteiger partial charge in [0.2, 0.25) is 0 Å². The van der Waals surface area contributed by atoms with Gasteiger partial charge in [0.1, 0.15) is 12.2 Å². The number of rotatable bonds is 3. The molecule has 2 fully saturated rings. The van der Waals surface area contributed by atoms with Gasteiger partial charge >= 0.3 is 11.9 Å². The number of fused-ring (bicyclic) bond motifs is 1. The predicted octanol–water partition coefficient (Wildman–Crippen LogP) is 2.13. The Hall–Kier alpha value is -1.40. The van der Waals surface area contributed by atoms with Crippen LogP contribution in [0.15, 0.2) is 12.2 Å². The number of aliphatic hydroxyl groups excluding tert-OH is 1.